The normalized spacial score (nSPS) is 16.6. The van der Waals surface area contributed by atoms with Crippen molar-refractivity contribution in [3.05, 3.63) is 29.6 Å². The molecule has 0 saturated heterocycles. The van der Waals surface area contributed by atoms with Gasteiger partial charge in [0, 0.05) is 13.1 Å². The zero-order valence-electron chi connectivity index (χ0n) is 12.1. The summed E-state index contributed by atoms with van der Waals surface area (Å²) in [5, 5.41) is 18.7. The van der Waals surface area contributed by atoms with E-state index in [1.807, 2.05) is 7.05 Å². The fraction of sp³-hybridized carbons (Fsp3) is 0.600. The van der Waals surface area contributed by atoms with Crippen LogP contribution in [0.25, 0.3) is 0 Å². The van der Waals surface area contributed by atoms with Gasteiger partial charge in [-0.25, -0.2) is 4.39 Å². The second-order valence-corrected chi connectivity index (χ2v) is 5.92. The van der Waals surface area contributed by atoms with Gasteiger partial charge in [0.05, 0.1) is 0 Å². The molecule has 0 bridgehead atoms. The summed E-state index contributed by atoms with van der Waals surface area (Å²) in [6.45, 7) is 1.63. The van der Waals surface area contributed by atoms with Crippen LogP contribution in [0.3, 0.4) is 0 Å². The molecular formula is C15H23BFNO2. The Morgan fingerprint density at radius 3 is 2.60 bits per heavy atom. The second kappa shape index (κ2) is 7.20. The Hall–Kier alpha value is -0.905. The quantitative estimate of drug-likeness (QED) is 0.803. The lowest BCUT2D eigenvalue weighted by Gasteiger charge is -2.27. The van der Waals surface area contributed by atoms with Crippen molar-refractivity contribution in [2.24, 2.45) is 5.92 Å². The summed E-state index contributed by atoms with van der Waals surface area (Å²) in [4.78, 5) is 2.19. The largest absolute Gasteiger partial charge is 0.488 e. The zero-order valence-corrected chi connectivity index (χ0v) is 12.1. The third kappa shape index (κ3) is 4.30. The summed E-state index contributed by atoms with van der Waals surface area (Å²) in [7, 11) is 0.412. The van der Waals surface area contributed by atoms with Gasteiger partial charge in [0.1, 0.15) is 5.82 Å². The van der Waals surface area contributed by atoms with Gasteiger partial charge in [0.15, 0.2) is 0 Å². The van der Waals surface area contributed by atoms with Gasteiger partial charge >= 0.3 is 7.12 Å². The van der Waals surface area contributed by atoms with Crippen molar-refractivity contribution in [1.82, 2.24) is 4.90 Å². The highest BCUT2D eigenvalue weighted by molar-refractivity contribution is 6.59. The zero-order chi connectivity index (χ0) is 14.5. The second-order valence-electron chi connectivity index (χ2n) is 5.92. The van der Waals surface area contributed by atoms with Crippen LogP contribution in [0.2, 0.25) is 0 Å². The molecule has 0 radical (unpaired) electrons. The molecule has 0 aromatic heterocycles. The Morgan fingerprint density at radius 2 is 1.95 bits per heavy atom. The first kappa shape index (κ1) is 15.5. The first-order valence-electron chi connectivity index (χ1n) is 7.39. The number of hydrogen-bond donors (Lipinski definition) is 2. The molecule has 1 aromatic carbocycles. The number of rotatable bonds is 5. The first-order valence-corrected chi connectivity index (χ1v) is 7.39. The van der Waals surface area contributed by atoms with Crippen LogP contribution in [-0.4, -0.2) is 35.7 Å². The molecule has 20 heavy (non-hydrogen) atoms. The van der Waals surface area contributed by atoms with Gasteiger partial charge in [-0.05, 0) is 49.0 Å². The molecule has 1 aromatic rings. The fourth-order valence-corrected chi connectivity index (χ4v) is 3.12. The molecule has 1 saturated carbocycles. The molecule has 0 aliphatic heterocycles. The van der Waals surface area contributed by atoms with Gasteiger partial charge in [-0.3, -0.25) is 0 Å². The average molecular weight is 279 g/mol. The van der Waals surface area contributed by atoms with E-state index in [1.165, 1.54) is 44.2 Å². The van der Waals surface area contributed by atoms with Crippen LogP contribution < -0.4 is 5.46 Å². The van der Waals surface area contributed by atoms with Crippen LogP contribution >= 0.6 is 0 Å². The molecule has 1 aliphatic rings. The average Bonchev–Trinajstić information content (AvgIpc) is 2.41. The highest BCUT2D eigenvalue weighted by atomic mass is 19.1. The molecule has 0 amide bonds. The molecule has 2 rings (SSSR count). The summed E-state index contributed by atoms with van der Waals surface area (Å²) in [5.41, 5.74) is 1.04. The minimum Gasteiger partial charge on any atom is -0.423 e. The topological polar surface area (TPSA) is 43.7 Å². The molecule has 5 heteroatoms. The fourth-order valence-electron chi connectivity index (χ4n) is 3.12. The Balaban J connectivity index is 1.97. The molecule has 0 atom stereocenters. The van der Waals surface area contributed by atoms with Crippen molar-refractivity contribution in [3.8, 4) is 0 Å². The monoisotopic (exact) mass is 279 g/mol. The van der Waals surface area contributed by atoms with Crippen molar-refractivity contribution in [3.63, 3.8) is 0 Å². The van der Waals surface area contributed by atoms with Crippen molar-refractivity contribution >= 4 is 12.6 Å². The molecule has 3 nitrogen and oxygen atoms in total. The Labute approximate surface area is 120 Å². The number of benzene rings is 1. The Morgan fingerprint density at radius 1 is 1.25 bits per heavy atom. The van der Waals surface area contributed by atoms with Crippen molar-refractivity contribution in [1.29, 1.82) is 0 Å². The van der Waals surface area contributed by atoms with Gasteiger partial charge in [-0.2, -0.15) is 0 Å². The van der Waals surface area contributed by atoms with Crippen molar-refractivity contribution < 1.29 is 14.4 Å². The SMILES string of the molecule is CN(Cc1ccc(F)cc1B(O)O)CC1CCCCC1. The minimum atomic E-state index is -1.62. The van der Waals surface area contributed by atoms with Crippen molar-refractivity contribution in [2.45, 2.75) is 38.6 Å². The van der Waals surface area contributed by atoms with Crippen LogP contribution in [0.4, 0.5) is 4.39 Å². The predicted octanol–water partition coefficient (Wildman–Crippen LogP) is 1.52. The third-order valence-corrected chi connectivity index (χ3v) is 4.12. The highest BCUT2D eigenvalue weighted by Crippen LogP contribution is 2.24. The van der Waals surface area contributed by atoms with E-state index >= 15 is 0 Å². The smallest absolute Gasteiger partial charge is 0.423 e. The van der Waals surface area contributed by atoms with E-state index in [1.54, 1.807) is 6.07 Å². The van der Waals surface area contributed by atoms with Crippen LogP contribution in [0.1, 0.15) is 37.7 Å². The molecule has 0 unspecified atom stereocenters. The van der Waals surface area contributed by atoms with Crippen LogP contribution in [0, 0.1) is 11.7 Å². The standard InChI is InChI=1S/C15H23BFNO2/c1-18(10-12-5-3-2-4-6-12)11-13-7-8-14(17)9-15(13)16(19)20/h7-9,12,19-20H,2-6,10-11H2,1H3. The molecule has 2 N–H and O–H groups in total. The van der Waals surface area contributed by atoms with Crippen LogP contribution in [0.15, 0.2) is 18.2 Å². The number of hydrogen-bond acceptors (Lipinski definition) is 3. The van der Waals surface area contributed by atoms with Gasteiger partial charge in [0.25, 0.3) is 0 Å². The summed E-state index contributed by atoms with van der Waals surface area (Å²) in [6.07, 6.45) is 6.54. The number of halogens is 1. The lowest BCUT2D eigenvalue weighted by atomic mass is 9.77. The maximum Gasteiger partial charge on any atom is 0.488 e. The maximum atomic E-state index is 13.2. The van der Waals surface area contributed by atoms with E-state index in [2.05, 4.69) is 4.90 Å². The van der Waals surface area contributed by atoms with E-state index in [9.17, 15) is 14.4 Å². The molecule has 110 valence electrons. The molecule has 0 spiro atoms. The molecule has 1 aliphatic carbocycles. The minimum absolute atomic E-state index is 0.264. The van der Waals surface area contributed by atoms with Gasteiger partial charge in [0.2, 0.25) is 0 Å². The summed E-state index contributed by atoms with van der Waals surface area (Å²) in [6, 6.07) is 4.21. The van der Waals surface area contributed by atoms with E-state index in [-0.39, 0.29) is 5.46 Å². The lowest BCUT2D eigenvalue weighted by Crippen LogP contribution is -2.36. The predicted molar refractivity (Wildman–Crippen MR) is 79.1 cm³/mol. The Bertz CT molecular complexity index is 436. The van der Waals surface area contributed by atoms with E-state index in [0.29, 0.717) is 6.54 Å². The Kier molecular flexibility index (Phi) is 5.58. The third-order valence-electron chi connectivity index (χ3n) is 4.12. The molecule has 1 fully saturated rings. The van der Waals surface area contributed by atoms with E-state index in [4.69, 9.17) is 0 Å². The van der Waals surface area contributed by atoms with Gasteiger partial charge < -0.3 is 14.9 Å². The first-order chi connectivity index (χ1) is 9.56. The van der Waals surface area contributed by atoms with E-state index in [0.717, 1.165) is 18.0 Å². The molecular weight excluding hydrogens is 256 g/mol. The number of nitrogens with zero attached hydrogens (tertiary/aromatic N) is 1. The van der Waals surface area contributed by atoms with Crippen molar-refractivity contribution in [2.75, 3.05) is 13.6 Å². The van der Waals surface area contributed by atoms with E-state index < -0.39 is 12.9 Å². The van der Waals surface area contributed by atoms with Crippen LogP contribution in [0.5, 0.6) is 0 Å². The lowest BCUT2D eigenvalue weighted by molar-refractivity contribution is 0.228. The van der Waals surface area contributed by atoms with Gasteiger partial charge in [-0.1, -0.05) is 25.3 Å². The summed E-state index contributed by atoms with van der Waals surface area (Å²) >= 11 is 0. The van der Waals surface area contributed by atoms with Gasteiger partial charge in [-0.15, -0.1) is 0 Å². The van der Waals surface area contributed by atoms with Crippen LogP contribution in [-0.2, 0) is 6.54 Å². The highest BCUT2D eigenvalue weighted by Gasteiger charge is 2.19. The maximum absolute atomic E-state index is 13.2. The summed E-state index contributed by atoms with van der Waals surface area (Å²) in [5.74, 6) is 0.295. The molecule has 0 heterocycles. The summed E-state index contributed by atoms with van der Waals surface area (Å²) < 4.78 is 13.2.